The molecule has 0 fully saturated rings. The number of hydrogen-bond acceptors (Lipinski definition) is 2. The van der Waals surface area contributed by atoms with Crippen molar-refractivity contribution in [3.8, 4) is 0 Å². The summed E-state index contributed by atoms with van der Waals surface area (Å²) < 4.78 is 7.06. The van der Waals surface area contributed by atoms with Gasteiger partial charge >= 0.3 is 0 Å². The maximum absolute atomic E-state index is 5.23. The van der Waals surface area contributed by atoms with Gasteiger partial charge < -0.3 is 4.74 Å². The lowest BCUT2D eigenvalue weighted by Gasteiger charge is -1.96. The maximum atomic E-state index is 5.23. The molecule has 3 nitrogen and oxygen atoms in total. The highest BCUT2D eigenvalue weighted by atomic mass is 16.5. The van der Waals surface area contributed by atoms with Gasteiger partial charge in [0.1, 0.15) is 0 Å². The van der Waals surface area contributed by atoms with Crippen LogP contribution < -0.4 is 0 Å². The van der Waals surface area contributed by atoms with E-state index in [0.29, 0.717) is 13.2 Å². The van der Waals surface area contributed by atoms with E-state index in [-0.39, 0.29) is 0 Å². The molecule has 10 heavy (non-hydrogen) atoms. The first-order valence-electron chi connectivity index (χ1n) is 3.23. The SMILES string of the molecule is C1=Cn2nccc2COC1. The van der Waals surface area contributed by atoms with Crippen LogP contribution in [0.15, 0.2) is 18.3 Å². The number of fused-ring (bicyclic) bond motifs is 1. The average molecular weight is 136 g/mol. The van der Waals surface area contributed by atoms with E-state index in [1.165, 1.54) is 0 Å². The third-order valence-electron chi connectivity index (χ3n) is 1.46. The van der Waals surface area contributed by atoms with Gasteiger partial charge in [-0.25, -0.2) is 4.68 Å². The topological polar surface area (TPSA) is 27.1 Å². The fraction of sp³-hybridized carbons (Fsp3) is 0.286. The second kappa shape index (κ2) is 2.27. The average Bonchev–Trinajstić information content (AvgIpc) is 2.28. The number of ether oxygens (including phenoxy) is 1. The van der Waals surface area contributed by atoms with Crippen molar-refractivity contribution in [2.75, 3.05) is 6.61 Å². The third kappa shape index (κ3) is 0.844. The summed E-state index contributed by atoms with van der Waals surface area (Å²) in [4.78, 5) is 0. The largest absolute Gasteiger partial charge is 0.371 e. The zero-order valence-corrected chi connectivity index (χ0v) is 5.53. The van der Waals surface area contributed by atoms with Crippen molar-refractivity contribution < 1.29 is 4.74 Å². The van der Waals surface area contributed by atoms with Crippen molar-refractivity contribution in [3.05, 3.63) is 24.0 Å². The van der Waals surface area contributed by atoms with E-state index < -0.39 is 0 Å². The summed E-state index contributed by atoms with van der Waals surface area (Å²) in [6.45, 7) is 1.34. The van der Waals surface area contributed by atoms with E-state index in [1.54, 1.807) is 6.20 Å². The molecule has 0 bridgehead atoms. The summed E-state index contributed by atoms with van der Waals surface area (Å²) in [6, 6.07) is 1.95. The molecule has 0 unspecified atom stereocenters. The van der Waals surface area contributed by atoms with Gasteiger partial charge in [-0.3, -0.25) is 0 Å². The molecule has 2 heterocycles. The zero-order chi connectivity index (χ0) is 6.81. The molecule has 1 aromatic heterocycles. The summed E-state index contributed by atoms with van der Waals surface area (Å²) >= 11 is 0. The van der Waals surface area contributed by atoms with Crippen molar-refractivity contribution in [2.45, 2.75) is 6.61 Å². The quantitative estimate of drug-likeness (QED) is 0.529. The fourth-order valence-corrected chi connectivity index (χ4v) is 0.965. The summed E-state index contributed by atoms with van der Waals surface area (Å²) in [5, 5.41) is 4.07. The van der Waals surface area contributed by atoms with Gasteiger partial charge in [0.2, 0.25) is 0 Å². The van der Waals surface area contributed by atoms with Crippen LogP contribution in [0.25, 0.3) is 6.20 Å². The van der Waals surface area contributed by atoms with Crippen LogP contribution in [0, 0.1) is 0 Å². The first-order valence-corrected chi connectivity index (χ1v) is 3.23. The number of nitrogens with zero attached hydrogens (tertiary/aromatic N) is 2. The predicted octanol–water partition coefficient (Wildman–Crippen LogP) is 0.884. The Hall–Kier alpha value is -1.09. The highest BCUT2D eigenvalue weighted by molar-refractivity contribution is 5.25. The van der Waals surface area contributed by atoms with Crippen LogP contribution in [0.1, 0.15) is 5.69 Å². The Labute approximate surface area is 58.9 Å². The van der Waals surface area contributed by atoms with Gasteiger partial charge in [-0.05, 0) is 12.1 Å². The molecule has 0 radical (unpaired) electrons. The highest BCUT2D eigenvalue weighted by Gasteiger charge is 2.01. The van der Waals surface area contributed by atoms with E-state index in [9.17, 15) is 0 Å². The van der Waals surface area contributed by atoms with Gasteiger partial charge in [-0.2, -0.15) is 5.10 Å². The molecule has 0 N–H and O–H groups in total. The van der Waals surface area contributed by atoms with Gasteiger partial charge in [0.25, 0.3) is 0 Å². The van der Waals surface area contributed by atoms with Crippen LogP contribution in [0.4, 0.5) is 0 Å². The number of hydrogen-bond donors (Lipinski definition) is 0. The van der Waals surface area contributed by atoms with E-state index in [0.717, 1.165) is 5.69 Å². The van der Waals surface area contributed by atoms with Gasteiger partial charge in [0.15, 0.2) is 0 Å². The Morgan fingerprint density at radius 3 is 3.60 bits per heavy atom. The van der Waals surface area contributed by atoms with Crippen LogP contribution >= 0.6 is 0 Å². The van der Waals surface area contributed by atoms with Crippen molar-refractivity contribution in [3.63, 3.8) is 0 Å². The molecule has 1 aromatic rings. The fourth-order valence-electron chi connectivity index (χ4n) is 0.965. The van der Waals surface area contributed by atoms with Crippen LogP contribution in [0.3, 0.4) is 0 Å². The number of aromatic nitrogens is 2. The molecular formula is C7H8N2O. The smallest absolute Gasteiger partial charge is 0.0893 e. The maximum Gasteiger partial charge on any atom is 0.0893 e. The van der Waals surface area contributed by atoms with E-state index in [1.807, 2.05) is 23.0 Å². The minimum Gasteiger partial charge on any atom is -0.371 e. The minimum absolute atomic E-state index is 0.660. The van der Waals surface area contributed by atoms with Crippen LogP contribution in [0.2, 0.25) is 0 Å². The van der Waals surface area contributed by atoms with Crippen molar-refractivity contribution in [1.29, 1.82) is 0 Å². The van der Waals surface area contributed by atoms with E-state index in [4.69, 9.17) is 4.74 Å². The molecule has 0 amide bonds. The number of rotatable bonds is 0. The summed E-state index contributed by atoms with van der Waals surface area (Å²) in [5.74, 6) is 0. The molecule has 1 aliphatic heterocycles. The Kier molecular flexibility index (Phi) is 1.29. The standard InChI is InChI=1S/C7H8N2O/c1-4-9-7(2-3-8-9)6-10-5-1/h1-4H,5-6H2. The van der Waals surface area contributed by atoms with Crippen molar-refractivity contribution >= 4 is 6.20 Å². The lowest BCUT2D eigenvalue weighted by atomic mass is 10.5. The zero-order valence-electron chi connectivity index (χ0n) is 5.53. The highest BCUT2D eigenvalue weighted by Crippen LogP contribution is 2.04. The molecule has 0 spiro atoms. The molecule has 2 rings (SSSR count). The molecule has 0 aliphatic carbocycles. The molecule has 0 aromatic carbocycles. The Morgan fingerprint density at radius 2 is 2.60 bits per heavy atom. The second-order valence-corrected chi connectivity index (χ2v) is 2.17. The second-order valence-electron chi connectivity index (χ2n) is 2.17. The Bertz CT molecular complexity index is 252. The summed E-state index contributed by atoms with van der Waals surface area (Å²) in [7, 11) is 0. The summed E-state index contributed by atoms with van der Waals surface area (Å²) in [5.41, 5.74) is 1.11. The van der Waals surface area contributed by atoms with Gasteiger partial charge in [-0.15, -0.1) is 0 Å². The Balaban J connectivity index is 2.42. The normalized spacial score (nSPS) is 16.4. The minimum atomic E-state index is 0.660. The predicted molar refractivity (Wildman–Crippen MR) is 37.2 cm³/mol. The van der Waals surface area contributed by atoms with Gasteiger partial charge in [0, 0.05) is 12.4 Å². The van der Waals surface area contributed by atoms with Crippen molar-refractivity contribution in [1.82, 2.24) is 9.78 Å². The summed E-state index contributed by atoms with van der Waals surface area (Å²) in [6.07, 6.45) is 5.64. The van der Waals surface area contributed by atoms with Gasteiger partial charge in [-0.1, -0.05) is 0 Å². The van der Waals surface area contributed by atoms with Crippen LogP contribution in [-0.2, 0) is 11.3 Å². The molecule has 52 valence electrons. The molecule has 0 saturated heterocycles. The van der Waals surface area contributed by atoms with E-state index in [2.05, 4.69) is 5.10 Å². The first-order chi connectivity index (χ1) is 4.97. The third-order valence-corrected chi connectivity index (χ3v) is 1.46. The van der Waals surface area contributed by atoms with Crippen LogP contribution in [0.5, 0.6) is 0 Å². The first kappa shape index (κ1) is 5.68. The van der Waals surface area contributed by atoms with Crippen LogP contribution in [-0.4, -0.2) is 16.4 Å². The molecule has 0 atom stereocenters. The van der Waals surface area contributed by atoms with Gasteiger partial charge in [0.05, 0.1) is 18.9 Å². The molecule has 3 heteroatoms. The molecule has 0 saturated carbocycles. The monoisotopic (exact) mass is 136 g/mol. The Morgan fingerprint density at radius 1 is 1.60 bits per heavy atom. The lowest BCUT2D eigenvalue weighted by molar-refractivity contribution is 0.147. The lowest BCUT2D eigenvalue weighted by Crippen LogP contribution is -1.95. The molecule has 1 aliphatic rings. The molecular weight excluding hydrogens is 128 g/mol. The van der Waals surface area contributed by atoms with Crippen molar-refractivity contribution in [2.24, 2.45) is 0 Å². The van der Waals surface area contributed by atoms with E-state index >= 15 is 0 Å².